The number of rotatable bonds is 5. The number of fused-ring (bicyclic) bond motifs is 1. The first-order valence-electron chi connectivity index (χ1n) is 7.59. The predicted octanol–water partition coefficient (Wildman–Crippen LogP) is 3.24. The van der Waals surface area contributed by atoms with Gasteiger partial charge in [0.1, 0.15) is 0 Å². The molecule has 1 aromatic rings. The Bertz CT molecular complexity index is 413. The standard InChI is InChI=1S/C17H28N2/c1-6-18-17-15-10-8-7-9-14(15)11-16(17)19(5)13(4)12(2)3/h7-10,12-13,16-18H,6,11H2,1-5H3. The number of likely N-dealkylation sites (N-methyl/N-ethyl adjacent to an activating group) is 2. The first-order valence-corrected chi connectivity index (χ1v) is 7.59. The number of hydrogen-bond acceptors (Lipinski definition) is 2. The van der Waals surface area contributed by atoms with E-state index in [1.54, 1.807) is 0 Å². The lowest BCUT2D eigenvalue weighted by Crippen LogP contribution is -2.46. The fraction of sp³-hybridized carbons (Fsp3) is 0.647. The van der Waals surface area contributed by atoms with Crippen LogP contribution in [-0.2, 0) is 6.42 Å². The molecule has 0 radical (unpaired) electrons. The van der Waals surface area contributed by atoms with Crippen LogP contribution < -0.4 is 5.32 Å². The molecule has 2 heteroatoms. The molecular formula is C17H28N2. The van der Waals surface area contributed by atoms with Crippen molar-refractivity contribution in [2.75, 3.05) is 13.6 Å². The quantitative estimate of drug-likeness (QED) is 0.874. The molecule has 0 saturated carbocycles. The molecule has 0 fully saturated rings. The smallest absolute Gasteiger partial charge is 0.0484 e. The van der Waals surface area contributed by atoms with E-state index in [0.29, 0.717) is 24.0 Å². The second kappa shape index (κ2) is 6.06. The molecule has 1 N–H and O–H groups in total. The third-order valence-electron chi connectivity index (χ3n) is 4.76. The number of nitrogens with zero attached hydrogens (tertiary/aromatic N) is 1. The Morgan fingerprint density at radius 3 is 2.58 bits per heavy atom. The van der Waals surface area contributed by atoms with E-state index in [9.17, 15) is 0 Å². The van der Waals surface area contributed by atoms with E-state index >= 15 is 0 Å². The molecule has 0 amide bonds. The summed E-state index contributed by atoms with van der Waals surface area (Å²) in [7, 11) is 2.28. The summed E-state index contributed by atoms with van der Waals surface area (Å²) < 4.78 is 0. The van der Waals surface area contributed by atoms with E-state index in [-0.39, 0.29) is 0 Å². The molecule has 19 heavy (non-hydrogen) atoms. The molecule has 2 rings (SSSR count). The first-order chi connectivity index (χ1) is 9.06. The molecular weight excluding hydrogens is 232 g/mol. The van der Waals surface area contributed by atoms with Gasteiger partial charge in [0.15, 0.2) is 0 Å². The second-order valence-corrected chi connectivity index (χ2v) is 6.16. The Balaban J connectivity index is 2.23. The third kappa shape index (κ3) is 2.85. The van der Waals surface area contributed by atoms with Gasteiger partial charge in [0.05, 0.1) is 0 Å². The van der Waals surface area contributed by atoms with Gasteiger partial charge in [-0.3, -0.25) is 4.90 Å². The van der Waals surface area contributed by atoms with Crippen molar-refractivity contribution in [3.05, 3.63) is 35.4 Å². The van der Waals surface area contributed by atoms with Gasteiger partial charge in [-0.25, -0.2) is 0 Å². The van der Waals surface area contributed by atoms with Gasteiger partial charge in [-0.15, -0.1) is 0 Å². The van der Waals surface area contributed by atoms with Crippen LogP contribution in [-0.4, -0.2) is 30.6 Å². The number of benzene rings is 1. The van der Waals surface area contributed by atoms with Crippen molar-refractivity contribution in [2.45, 2.75) is 52.2 Å². The van der Waals surface area contributed by atoms with Crippen LogP contribution in [0.1, 0.15) is 44.9 Å². The molecule has 0 spiro atoms. The minimum absolute atomic E-state index is 0.479. The lowest BCUT2D eigenvalue weighted by Gasteiger charge is -2.36. The van der Waals surface area contributed by atoms with Crippen LogP contribution in [0.4, 0.5) is 0 Å². The lowest BCUT2D eigenvalue weighted by atomic mass is 10.00. The highest BCUT2D eigenvalue weighted by Crippen LogP contribution is 2.35. The molecule has 1 aliphatic rings. The molecule has 1 aliphatic carbocycles. The summed E-state index contributed by atoms with van der Waals surface area (Å²) in [6.07, 6.45) is 1.17. The van der Waals surface area contributed by atoms with Crippen molar-refractivity contribution < 1.29 is 0 Å². The van der Waals surface area contributed by atoms with Crippen molar-refractivity contribution in [3.63, 3.8) is 0 Å². The minimum Gasteiger partial charge on any atom is -0.309 e. The van der Waals surface area contributed by atoms with Gasteiger partial charge in [0, 0.05) is 18.1 Å². The van der Waals surface area contributed by atoms with Crippen LogP contribution in [0.3, 0.4) is 0 Å². The molecule has 106 valence electrons. The van der Waals surface area contributed by atoms with Gasteiger partial charge >= 0.3 is 0 Å². The van der Waals surface area contributed by atoms with E-state index in [0.717, 1.165) is 6.54 Å². The maximum absolute atomic E-state index is 3.68. The molecule has 0 aromatic heterocycles. The average molecular weight is 260 g/mol. The summed E-state index contributed by atoms with van der Waals surface area (Å²) in [6, 6.07) is 10.6. The maximum atomic E-state index is 3.68. The van der Waals surface area contributed by atoms with Gasteiger partial charge in [0.25, 0.3) is 0 Å². The number of nitrogens with one attached hydrogen (secondary N) is 1. The fourth-order valence-corrected chi connectivity index (χ4v) is 3.19. The van der Waals surface area contributed by atoms with Crippen LogP contribution in [0.2, 0.25) is 0 Å². The van der Waals surface area contributed by atoms with Crippen molar-refractivity contribution >= 4 is 0 Å². The zero-order valence-corrected chi connectivity index (χ0v) is 13.0. The zero-order chi connectivity index (χ0) is 14.0. The van der Waals surface area contributed by atoms with Crippen LogP contribution in [0, 0.1) is 5.92 Å². The van der Waals surface area contributed by atoms with Gasteiger partial charge < -0.3 is 5.32 Å². The SMILES string of the molecule is CCNC1c2ccccc2CC1N(C)C(C)C(C)C. The van der Waals surface area contributed by atoms with Crippen LogP contribution >= 0.6 is 0 Å². The minimum atomic E-state index is 0.479. The van der Waals surface area contributed by atoms with E-state index < -0.39 is 0 Å². The van der Waals surface area contributed by atoms with Gasteiger partial charge in [-0.2, -0.15) is 0 Å². The summed E-state index contributed by atoms with van der Waals surface area (Å²) in [5.74, 6) is 0.691. The highest BCUT2D eigenvalue weighted by atomic mass is 15.2. The monoisotopic (exact) mass is 260 g/mol. The van der Waals surface area contributed by atoms with Crippen molar-refractivity contribution in [2.24, 2.45) is 5.92 Å². The molecule has 0 aliphatic heterocycles. The lowest BCUT2D eigenvalue weighted by molar-refractivity contribution is 0.126. The van der Waals surface area contributed by atoms with Crippen LogP contribution in [0.15, 0.2) is 24.3 Å². The Labute approximate surface area is 118 Å². The molecule has 3 unspecified atom stereocenters. The summed E-state index contributed by atoms with van der Waals surface area (Å²) in [4.78, 5) is 2.57. The van der Waals surface area contributed by atoms with E-state index in [1.165, 1.54) is 17.5 Å². The topological polar surface area (TPSA) is 15.3 Å². The Morgan fingerprint density at radius 2 is 1.95 bits per heavy atom. The molecule has 0 heterocycles. The summed E-state index contributed by atoms with van der Waals surface area (Å²) in [6.45, 7) is 10.2. The molecule has 3 atom stereocenters. The maximum Gasteiger partial charge on any atom is 0.0484 e. The summed E-state index contributed by atoms with van der Waals surface area (Å²) in [5, 5.41) is 3.68. The Hall–Kier alpha value is -0.860. The zero-order valence-electron chi connectivity index (χ0n) is 13.0. The van der Waals surface area contributed by atoms with Crippen molar-refractivity contribution in [1.82, 2.24) is 10.2 Å². The fourth-order valence-electron chi connectivity index (χ4n) is 3.19. The second-order valence-electron chi connectivity index (χ2n) is 6.16. The summed E-state index contributed by atoms with van der Waals surface area (Å²) >= 11 is 0. The van der Waals surface area contributed by atoms with E-state index in [4.69, 9.17) is 0 Å². The van der Waals surface area contributed by atoms with Crippen LogP contribution in [0.5, 0.6) is 0 Å². The van der Waals surface area contributed by atoms with Crippen molar-refractivity contribution in [1.29, 1.82) is 0 Å². The predicted molar refractivity (Wildman–Crippen MR) is 82.4 cm³/mol. The van der Waals surface area contributed by atoms with E-state index in [1.807, 2.05) is 0 Å². The highest BCUT2D eigenvalue weighted by molar-refractivity contribution is 5.37. The average Bonchev–Trinajstić information content (AvgIpc) is 2.76. The van der Waals surface area contributed by atoms with Gasteiger partial charge in [0.2, 0.25) is 0 Å². The largest absolute Gasteiger partial charge is 0.309 e. The highest BCUT2D eigenvalue weighted by Gasteiger charge is 2.36. The van der Waals surface area contributed by atoms with Crippen molar-refractivity contribution in [3.8, 4) is 0 Å². The molecule has 0 bridgehead atoms. The normalized spacial score (nSPS) is 23.9. The first kappa shape index (κ1) is 14.5. The summed E-state index contributed by atoms with van der Waals surface area (Å²) in [5.41, 5.74) is 3.01. The molecule has 1 aromatic carbocycles. The molecule has 2 nitrogen and oxygen atoms in total. The molecule has 0 saturated heterocycles. The van der Waals surface area contributed by atoms with E-state index in [2.05, 4.69) is 69.2 Å². The third-order valence-corrected chi connectivity index (χ3v) is 4.76. The Kier molecular flexibility index (Phi) is 4.64. The van der Waals surface area contributed by atoms with Crippen LogP contribution in [0.25, 0.3) is 0 Å². The Morgan fingerprint density at radius 1 is 1.26 bits per heavy atom. The number of hydrogen-bond donors (Lipinski definition) is 1. The van der Waals surface area contributed by atoms with Gasteiger partial charge in [-0.05, 0) is 44.0 Å². The van der Waals surface area contributed by atoms with Gasteiger partial charge in [-0.1, -0.05) is 45.0 Å².